The van der Waals surface area contributed by atoms with Crippen molar-refractivity contribution in [2.24, 2.45) is 0 Å². The standard InChI is InChI=1S/C18H18N2O3S/c1-2-23-12-9-7-11(8-10-12)20-17(21)15-13-5-3-4-6-14(13)24-16(15)19-18(20)22/h7-10H,2-6H2,1H3,(H,19,22). The van der Waals surface area contributed by atoms with Gasteiger partial charge in [-0.1, -0.05) is 0 Å². The quantitative estimate of drug-likeness (QED) is 0.796. The molecule has 0 aliphatic heterocycles. The molecule has 0 atom stereocenters. The van der Waals surface area contributed by atoms with Crippen LogP contribution in [0, 0.1) is 0 Å². The maximum Gasteiger partial charge on any atom is 0.334 e. The van der Waals surface area contributed by atoms with Crippen molar-refractivity contribution >= 4 is 21.6 Å². The van der Waals surface area contributed by atoms with Gasteiger partial charge in [0.25, 0.3) is 5.56 Å². The molecule has 0 unspecified atom stereocenters. The van der Waals surface area contributed by atoms with Gasteiger partial charge in [0.2, 0.25) is 0 Å². The fraction of sp³-hybridized carbons (Fsp3) is 0.333. The average molecular weight is 342 g/mol. The van der Waals surface area contributed by atoms with E-state index in [-0.39, 0.29) is 5.56 Å². The highest BCUT2D eigenvalue weighted by Gasteiger charge is 2.21. The first-order chi connectivity index (χ1) is 11.7. The Balaban J connectivity index is 1.92. The second-order valence-corrected chi connectivity index (χ2v) is 7.02. The molecule has 1 aliphatic rings. The molecule has 2 heterocycles. The van der Waals surface area contributed by atoms with E-state index < -0.39 is 5.69 Å². The number of aryl methyl sites for hydroxylation is 2. The maximum atomic E-state index is 13.0. The largest absolute Gasteiger partial charge is 0.494 e. The predicted octanol–water partition coefficient (Wildman–Crippen LogP) is 3.02. The first kappa shape index (κ1) is 15.2. The number of nitrogens with zero attached hydrogens (tertiary/aromatic N) is 1. The van der Waals surface area contributed by atoms with Gasteiger partial charge < -0.3 is 4.74 Å². The molecule has 0 spiro atoms. The second kappa shape index (κ2) is 5.94. The van der Waals surface area contributed by atoms with Crippen LogP contribution in [0.5, 0.6) is 5.75 Å². The van der Waals surface area contributed by atoms with E-state index in [2.05, 4.69) is 4.98 Å². The fourth-order valence-electron chi connectivity index (χ4n) is 3.33. The number of thiophene rings is 1. The van der Waals surface area contributed by atoms with Gasteiger partial charge in [0.15, 0.2) is 0 Å². The Morgan fingerprint density at radius 1 is 1.17 bits per heavy atom. The molecule has 4 rings (SSSR count). The van der Waals surface area contributed by atoms with Gasteiger partial charge in [0, 0.05) is 4.88 Å². The lowest BCUT2D eigenvalue weighted by Crippen LogP contribution is -2.33. The van der Waals surface area contributed by atoms with E-state index in [1.165, 1.54) is 9.44 Å². The smallest absolute Gasteiger partial charge is 0.334 e. The number of rotatable bonds is 3. The van der Waals surface area contributed by atoms with Crippen LogP contribution >= 0.6 is 11.3 Å². The minimum absolute atomic E-state index is 0.225. The van der Waals surface area contributed by atoms with Gasteiger partial charge >= 0.3 is 5.69 Å². The average Bonchev–Trinajstić information content (AvgIpc) is 2.95. The van der Waals surface area contributed by atoms with Crippen molar-refractivity contribution in [2.45, 2.75) is 32.6 Å². The molecule has 3 aromatic rings. The van der Waals surface area contributed by atoms with Crippen molar-refractivity contribution in [2.75, 3.05) is 6.61 Å². The number of ether oxygens (including phenoxy) is 1. The molecule has 0 saturated carbocycles. The molecular weight excluding hydrogens is 324 g/mol. The van der Waals surface area contributed by atoms with Gasteiger partial charge in [0.1, 0.15) is 10.6 Å². The van der Waals surface area contributed by atoms with E-state index in [0.717, 1.165) is 37.0 Å². The molecule has 0 bridgehead atoms. The van der Waals surface area contributed by atoms with E-state index in [0.29, 0.717) is 22.5 Å². The van der Waals surface area contributed by atoms with E-state index >= 15 is 0 Å². The van der Waals surface area contributed by atoms with Crippen molar-refractivity contribution < 1.29 is 4.74 Å². The van der Waals surface area contributed by atoms with E-state index in [1.807, 2.05) is 6.92 Å². The Kier molecular flexibility index (Phi) is 3.76. The topological polar surface area (TPSA) is 64.1 Å². The summed E-state index contributed by atoms with van der Waals surface area (Å²) in [5.41, 5.74) is 1.07. The number of fused-ring (bicyclic) bond motifs is 3. The molecule has 0 radical (unpaired) electrons. The second-order valence-electron chi connectivity index (χ2n) is 5.91. The summed E-state index contributed by atoms with van der Waals surface area (Å²) in [5, 5.41) is 0.684. The minimum atomic E-state index is -0.393. The number of benzene rings is 1. The third-order valence-corrected chi connectivity index (χ3v) is 5.62. The lowest BCUT2D eigenvalue weighted by atomic mass is 9.97. The molecule has 0 amide bonds. The van der Waals surface area contributed by atoms with Gasteiger partial charge in [-0.3, -0.25) is 9.78 Å². The fourth-order valence-corrected chi connectivity index (χ4v) is 4.60. The first-order valence-corrected chi connectivity index (χ1v) is 9.03. The van der Waals surface area contributed by atoms with Crippen molar-refractivity contribution in [3.63, 3.8) is 0 Å². The van der Waals surface area contributed by atoms with Crippen molar-refractivity contribution in [3.8, 4) is 11.4 Å². The molecule has 0 fully saturated rings. The van der Waals surface area contributed by atoms with Crippen LogP contribution in [0.25, 0.3) is 15.9 Å². The molecular formula is C18H18N2O3S. The molecule has 5 nitrogen and oxygen atoms in total. The van der Waals surface area contributed by atoms with Gasteiger partial charge in [-0.05, 0) is 62.4 Å². The lowest BCUT2D eigenvalue weighted by Gasteiger charge is -2.10. The van der Waals surface area contributed by atoms with Gasteiger partial charge in [-0.2, -0.15) is 0 Å². The van der Waals surface area contributed by atoms with Crippen LogP contribution in [0.1, 0.15) is 30.2 Å². The lowest BCUT2D eigenvalue weighted by molar-refractivity contribution is 0.340. The van der Waals surface area contributed by atoms with Crippen LogP contribution < -0.4 is 16.0 Å². The summed E-state index contributed by atoms with van der Waals surface area (Å²) in [6.45, 7) is 2.49. The SMILES string of the molecule is CCOc1ccc(-n2c(=O)[nH]c3sc4c(c3c2=O)CCCC4)cc1. The summed E-state index contributed by atoms with van der Waals surface area (Å²) in [4.78, 5) is 30.3. The van der Waals surface area contributed by atoms with Crippen molar-refractivity contribution in [1.82, 2.24) is 9.55 Å². The number of hydrogen-bond donors (Lipinski definition) is 1. The minimum Gasteiger partial charge on any atom is -0.494 e. The number of H-pyrrole nitrogens is 1. The number of nitrogens with one attached hydrogen (secondary N) is 1. The molecule has 1 N–H and O–H groups in total. The van der Waals surface area contributed by atoms with Crippen LogP contribution in [0.15, 0.2) is 33.9 Å². The highest BCUT2D eigenvalue weighted by molar-refractivity contribution is 7.18. The van der Waals surface area contributed by atoms with Gasteiger partial charge in [-0.15, -0.1) is 11.3 Å². The Labute approximate surface area is 142 Å². The van der Waals surface area contributed by atoms with Crippen molar-refractivity contribution in [1.29, 1.82) is 0 Å². The van der Waals surface area contributed by atoms with Gasteiger partial charge in [-0.25, -0.2) is 9.36 Å². The normalized spacial score (nSPS) is 13.9. The number of aromatic nitrogens is 2. The third kappa shape index (κ3) is 2.38. The van der Waals surface area contributed by atoms with Gasteiger partial charge in [0.05, 0.1) is 17.7 Å². The number of hydrogen-bond acceptors (Lipinski definition) is 4. The Bertz CT molecular complexity index is 1010. The van der Waals surface area contributed by atoms with Crippen LogP contribution in [0.2, 0.25) is 0 Å². The summed E-state index contributed by atoms with van der Waals surface area (Å²) in [7, 11) is 0. The summed E-state index contributed by atoms with van der Waals surface area (Å²) in [6.07, 6.45) is 4.16. The van der Waals surface area contributed by atoms with Crippen LogP contribution in [-0.4, -0.2) is 16.2 Å². The third-order valence-electron chi connectivity index (χ3n) is 4.42. The zero-order chi connectivity index (χ0) is 16.7. The van der Waals surface area contributed by atoms with E-state index in [4.69, 9.17) is 4.74 Å². The zero-order valence-corrected chi connectivity index (χ0v) is 14.2. The molecule has 2 aromatic heterocycles. The highest BCUT2D eigenvalue weighted by Crippen LogP contribution is 2.33. The Hall–Kier alpha value is -2.34. The molecule has 1 aliphatic carbocycles. The summed E-state index contributed by atoms with van der Waals surface area (Å²) >= 11 is 1.55. The molecule has 24 heavy (non-hydrogen) atoms. The maximum absolute atomic E-state index is 13.0. The summed E-state index contributed by atoms with van der Waals surface area (Å²) in [5.74, 6) is 0.722. The van der Waals surface area contributed by atoms with E-state index in [1.54, 1.807) is 35.6 Å². The molecule has 6 heteroatoms. The Morgan fingerprint density at radius 2 is 1.92 bits per heavy atom. The van der Waals surface area contributed by atoms with Crippen LogP contribution in [-0.2, 0) is 12.8 Å². The summed E-state index contributed by atoms with van der Waals surface area (Å²) in [6, 6.07) is 7.04. The highest BCUT2D eigenvalue weighted by atomic mass is 32.1. The zero-order valence-electron chi connectivity index (χ0n) is 13.4. The van der Waals surface area contributed by atoms with Crippen LogP contribution in [0.3, 0.4) is 0 Å². The molecule has 1 aromatic carbocycles. The predicted molar refractivity (Wildman–Crippen MR) is 95.9 cm³/mol. The van der Waals surface area contributed by atoms with Crippen molar-refractivity contribution in [3.05, 3.63) is 55.5 Å². The first-order valence-electron chi connectivity index (χ1n) is 8.22. The monoisotopic (exact) mass is 342 g/mol. The van der Waals surface area contributed by atoms with E-state index in [9.17, 15) is 9.59 Å². The summed E-state index contributed by atoms with van der Waals surface area (Å²) < 4.78 is 6.64. The Morgan fingerprint density at radius 3 is 2.67 bits per heavy atom. The van der Waals surface area contributed by atoms with Crippen LogP contribution in [0.4, 0.5) is 0 Å². The molecule has 0 saturated heterocycles. The molecule has 124 valence electrons. The number of aromatic amines is 1.